The molecular formula is C23H35N5O5S2. The summed E-state index contributed by atoms with van der Waals surface area (Å²) in [5.41, 5.74) is -0.513. The summed E-state index contributed by atoms with van der Waals surface area (Å²) in [4.78, 5) is 33.5. The zero-order chi connectivity index (χ0) is 25.0. The van der Waals surface area contributed by atoms with Crippen molar-refractivity contribution in [2.24, 2.45) is 0 Å². The number of thiophene rings is 1. The molecule has 1 amide bonds. The Hall–Kier alpha value is -1.86. The monoisotopic (exact) mass is 525 g/mol. The summed E-state index contributed by atoms with van der Waals surface area (Å²) in [5.74, 6) is -0.288. The number of carbonyl (C=O) groups excluding carboxylic acids is 1. The Balaban J connectivity index is 1.43. The van der Waals surface area contributed by atoms with E-state index in [1.807, 2.05) is 0 Å². The first-order valence-electron chi connectivity index (χ1n) is 12.4. The Bertz CT molecular complexity index is 1200. The van der Waals surface area contributed by atoms with Gasteiger partial charge in [-0.25, -0.2) is 13.4 Å². The fourth-order valence-electron chi connectivity index (χ4n) is 4.99. The van der Waals surface area contributed by atoms with Crippen LogP contribution in [0.5, 0.6) is 0 Å². The van der Waals surface area contributed by atoms with Crippen LogP contribution in [0.3, 0.4) is 0 Å². The van der Waals surface area contributed by atoms with Crippen LogP contribution in [-0.2, 0) is 26.1 Å². The van der Waals surface area contributed by atoms with Crippen molar-refractivity contribution in [1.29, 1.82) is 0 Å². The van der Waals surface area contributed by atoms with Crippen LogP contribution < -0.4 is 10.9 Å². The van der Waals surface area contributed by atoms with Gasteiger partial charge in [0.15, 0.2) is 0 Å². The summed E-state index contributed by atoms with van der Waals surface area (Å²) in [6.07, 6.45) is 7.08. The van der Waals surface area contributed by atoms with E-state index in [0.29, 0.717) is 35.5 Å². The van der Waals surface area contributed by atoms with Crippen molar-refractivity contribution in [3.63, 3.8) is 0 Å². The first kappa shape index (κ1) is 26.2. The number of nitrogens with zero attached hydrogens (tertiary/aromatic N) is 4. The van der Waals surface area contributed by atoms with Gasteiger partial charge in [0.1, 0.15) is 16.3 Å². The predicted octanol–water partition coefficient (Wildman–Crippen LogP) is 1.56. The lowest BCUT2D eigenvalue weighted by molar-refractivity contribution is -0.121. The second-order valence-corrected chi connectivity index (χ2v) is 12.2. The standard InChI is InChI=1S/C23H35N5O5S2/c1-3-18-7-4-5-9-26(18)10-6-8-24-19(29)15-27-16-25-22-20(23(27)30)21(17(2)34-22)35(31,32)28-11-13-33-14-12-28/h16,18H,3-15H2,1-2H3,(H,24,29)/t18-/m0/s1. The van der Waals surface area contributed by atoms with E-state index in [0.717, 1.165) is 25.9 Å². The molecule has 0 spiro atoms. The van der Waals surface area contributed by atoms with Gasteiger partial charge in [-0.05, 0) is 39.2 Å². The third-order valence-electron chi connectivity index (χ3n) is 6.85. The Morgan fingerprint density at radius 1 is 1.26 bits per heavy atom. The molecule has 2 fully saturated rings. The van der Waals surface area contributed by atoms with E-state index in [-0.39, 0.29) is 35.8 Å². The second kappa shape index (κ2) is 11.5. The predicted molar refractivity (Wildman–Crippen MR) is 135 cm³/mol. The molecule has 0 radical (unpaired) electrons. The van der Waals surface area contributed by atoms with Gasteiger partial charge >= 0.3 is 0 Å². The molecule has 0 aromatic carbocycles. The van der Waals surface area contributed by atoms with Crippen LogP contribution in [0, 0.1) is 6.92 Å². The smallest absolute Gasteiger partial charge is 0.263 e. The molecule has 1 atom stereocenters. The van der Waals surface area contributed by atoms with Gasteiger partial charge in [0, 0.05) is 37.1 Å². The van der Waals surface area contributed by atoms with Crippen LogP contribution in [0.15, 0.2) is 16.0 Å². The molecule has 0 saturated carbocycles. The van der Waals surface area contributed by atoms with Crippen LogP contribution >= 0.6 is 11.3 Å². The number of morpholine rings is 1. The van der Waals surface area contributed by atoms with Crippen molar-refractivity contribution in [2.75, 3.05) is 45.9 Å². The first-order chi connectivity index (χ1) is 16.8. The number of aromatic nitrogens is 2. The molecular weight excluding hydrogens is 490 g/mol. The fourth-order valence-corrected chi connectivity index (χ4v) is 8.06. The highest BCUT2D eigenvalue weighted by atomic mass is 32.2. The molecule has 2 saturated heterocycles. The van der Waals surface area contributed by atoms with Crippen LogP contribution in [-0.4, -0.2) is 85.1 Å². The quantitative estimate of drug-likeness (QED) is 0.494. The number of piperidine rings is 1. The highest BCUT2D eigenvalue weighted by molar-refractivity contribution is 7.89. The first-order valence-corrected chi connectivity index (χ1v) is 14.7. The number of fused-ring (bicyclic) bond motifs is 1. The summed E-state index contributed by atoms with van der Waals surface area (Å²) in [6.45, 7) is 7.42. The van der Waals surface area contributed by atoms with Gasteiger partial charge in [-0.2, -0.15) is 4.31 Å². The SMILES string of the molecule is CC[C@H]1CCCCN1CCCNC(=O)Cn1cnc2sc(C)c(S(=O)(=O)N3CCOCC3)c2c1=O. The Labute approximate surface area is 210 Å². The molecule has 4 heterocycles. The number of ether oxygens (including phenoxy) is 1. The number of aryl methyl sites for hydroxylation is 1. The molecule has 0 bridgehead atoms. The molecule has 4 rings (SSSR count). The highest BCUT2D eigenvalue weighted by Gasteiger charge is 2.32. The molecule has 0 aliphatic carbocycles. The minimum Gasteiger partial charge on any atom is -0.379 e. The van der Waals surface area contributed by atoms with Gasteiger partial charge < -0.3 is 15.0 Å². The lowest BCUT2D eigenvalue weighted by Crippen LogP contribution is -2.41. The summed E-state index contributed by atoms with van der Waals surface area (Å²) < 4.78 is 34.5. The van der Waals surface area contributed by atoms with Gasteiger partial charge in [-0.1, -0.05) is 13.3 Å². The van der Waals surface area contributed by atoms with Crippen molar-refractivity contribution in [3.05, 3.63) is 21.6 Å². The van der Waals surface area contributed by atoms with Crippen molar-refractivity contribution in [2.45, 2.75) is 63.4 Å². The van der Waals surface area contributed by atoms with E-state index < -0.39 is 15.6 Å². The lowest BCUT2D eigenvalue weighted by Gasteiger charge is -2.35. The van der Waals surface area contributed by atoms with E-state index in [2.05, 4.69) is 22.1 Å². The number of hydrogen-bond acceptors (Lipinski definition) is 8. The Morgan fingerprint density at radius 2 is 2.03 bits per heavy atom. The van der Waals surface area contributed by atoms with Crippen molar-refractivity contribution in [3.8, 4) is 0 Å². The minimum absolute atomic E-state index is 0.00123. The highest BCUT2D eigenvalue weighted by Crippen LogP contribution is 2.33. The zero-order valence-electron chi connectivity index (χ0n) is 20.5. The van der Waals surface area contributed by atoms with E-state index in [1.165, 1.54) is 45.8 Å². The van der Waals surface area contributed by atoms with Gasteiger partial charge in [0.25, 0.3) is 5.56 Å². The number of rotatable bonds is 9. The van der Waals surface area contributed by atoms with Gasteiger partial charge in [-0.3, -0.25) is 14.2 Å². The normalized spacial score (nSPS) is 20.3. The van der Waals surface area contributed by atoms with E-state index in [9.17, 15) is 18.0 Å². The summed E-state index contributed by atoms with van der Waals surface area (Å²) in [6, 6.07) is 0.632. The van der Waals surface area contributed by atoms with Crippen molar-refractivity contribution in [1.82, 2.24) is 24.1 Å². The molecule has 1 N–H and O–H groups in total. The molecule has 10 nitrogen and oxygen atoms in total. The third kappa shape index (κ3) is 5.77. The number of nitrogens with one attached hydrogen (secondary N) is 1. The molecule has 2 aliphatic heterocycles. The number of likely N-dealkylation sites (tertiary alicyclic amines) is 1. The maximum absolute atomic E-state index is 13.3. The average molecular weight is 526 g/mol. The summed E-state index contributed by atoms with van der Waals surface area (Å²) >= 11 is 1.18. The van der Waals surface area contributed by atoms with Crippen molar-refractivity contribution < 1.29 is 17.9 Å². The number of amides is 1. The van der Waals surface area contributed by atoms with Gasteiger partial charge in [0.05, 0.1) is 24.9 Å². The van der Waals surface area contributed by atoms with E-state index in [4.69, 9.17) is 4.74 Å². The average Bonchev–Trinajstić information content (AvgIpc) is 3.22. The minimum atomic E-state index is -3.87. The number of carbonyl (C=O) groups is 1. The Kier molecular flexibility index (Phi) is 8.59. The van der Waals surface area contributed by atoms with Crippen LogP contribution in [0.25, 0.3) is 10.2 Å². The molecule has 2 aromatic heterocycles. The van der Waals surface area contributed by atoms with E-state index in [1.54, 1.807) is 6.92 Å². The zero-order valence-corrected chi connectivity index (χ0v) is 22.1. The molecule has 194 valence electrons. The second-order valence-electron chi connectivity index (χ2n) is 9.16. The Morgan fingerprint density at radius 3 is 2.77 bits per heavy atom. The van der Waals surface area contributed by atoms with Gasteiger partial charge in [0.2, 0.25) is 15.9 Å². The summed E-state index contributed by atoms with van der Waals surface area (Å²) in [7, 11) is -3.87. The molecule has 2 aromatic rings. The van der Waals surface area contributed by atoms with Crippen LogP contribution in [0.2, 0.25) is 0 Å². The number of hydrogen-bond donors (Lipinski definition) is 1. The molecule has 12 heteroatoms. The van der Waals surface area contributed by atoms with Crippen LogP contribution in [0.4, 0.5) is 0 Å². The summed E-state index contributed by atoms with van der Waals surface area (Å²) in [5, 5.41) is 2.95. The molecule has 35 heavy (non-hydrogen) atoms. The molecule has 0 unspecified atom stereocenters. The van der Waals surface area contributed by atoms with E-state index >= 15 is 0 Å². The largest absolute Gasteiger partial charge is 0.379 e. The maximum Gasteiger partial charge on any atom is 0.263 e. The molecule has 2 aliphatic rings. The topological polar surface area (TPSA) is 114 Å². The maximum atomic E-state index is 13.3. The lowest BCUT2D eigenvalue weighted by atomic mass is 10.00. The fraction of sp³-hybridized carbons (Fsp3) is 0.696. The number of sulfonamides is 1. The third-order valence-corrected chi connectivity index (χ3v) is 10.1. The van der Waals surface area contributed by atoms with Gasteiger partial charge in [-0.15, -0.1) is 11.3 Å². The van der Waals surface area contributed by atoms with Crippen LogP contribution in [0.1, 0.15) is 43.9 Å². The van der Waals surface area contributed by atoms with Crippen molar-refractivity contribution >= 4 is 37.5 Å².